The molecule has 1 saturated heterocycles. The number of rotatable bonds is 5. The van der Waals surface area contributed by atoms with Crippen LogP contribution in [0.3, 0.4) is 0 Å². The molecule has 0 unspecified atom stereocenters. The third-order valence-electron chi connectivity index (χ3n) is 5.59. The van der Waals surface area contributed by atoms with Gasteiger partial charge in [0.05, 0.1) is 21.0 Å². The van der Waals surface area contributed by atoms with E-state index < -0.39 is 15.8 Å². The van der Waals surface area contributed by atoms with E-state index in [0.717, 1.165) is 30.7 Å². The van der Waals surface area contributed by atoms with E-state index in [4.69, 9.17) is 11.6 Å². The molecule has 2 aromatic rings. The summed E-state index contributed by atoms with van der Waals surface area (Å²) in [6.07, 6.45) is 3.86. The van der Waals surface area contributed by atoms with Gasteiger partial charge in [-0.3, -0.25) is 4.79 Å². The molecule has 7 nitrogen and oxygen atoms in total. The van der Waals surface area contributed by atoms with Crippen LogP contribution in [0, 0.1) is 17.1 Å². The molecular weight excluding hydrogens is 475 g/mol. The maximum absolute atomic E-state index is 13.4. The van der Waals surface area contributed by atoms with E-state index >= 15 is 0 Å². The van der Waals surface area contributed by atoms with Crippen molar-refractivity contribution in [2.75, 3.05) is 32.4 Å². The van der Waals surface area contributed by atoms with Crippen LogP contribution < -0.4 is 0 Å². The van der Waals surface area contributed by atoms with Gasteiger partial charge in [-0.2, -0.15) is 9.57 Å². The third-order valence-corrected chi connectivity index (χ3v) is 8.46. The van der Waals surface area contributed by atoms with Crippen molar-refractivity contribution >= 4 is 39.3 Å². The first-order valence-corrected chi connectivity index (χ1v) is 13.0. The molecule has 2 heterocycles. The summed E-state index contributed by atoms with van der Waals surface area (Å²) in [5.41, 5.74) is 1.39. The Morgan fingerprint density at radius 3 is 2.50 bits per heavy atom. The zero-order valence-corrected chi connectivity index (χ0v) is 19.6. The molecule has 11 heteroatoms. The van der Waals surface area contributed by atoms with Crippen LogP contribution in [0.5, 0.6) is 0 Å². The van der Waals surface area contributed by atoms with Crippen molar-refractivity contribution in [3.63, 3.8) is 0 Å². The van der Waals surface area contributed by atoms with E-state index in [1.54, 1.807) is 11.0 Å². The number of piperazine rings is 1. The molecule has 2 fully saturated rings. The van der Waals surface area contributed by atoms with Gasteiger partial charge < -0.3 is 4.90 Å². The molecule has 168 valence electrons. The van der Waals surface area contributed by atoms with Crippen molar-refractivity contribution in [1.29, 1.82) is 5.26 Å². The molecule has 1 aromatic carbocycles. The van der Waals surface area contributed by atoms with Gasteiger partial charge in [0.15, 0.2) is 0 Å². The lowest BCUT2D eigenvalue weighted by molar-refractivity contribution is 0.0697. The van der Waals surface area contributed by atoms with Crippen molar-refractivity contribution in [3.05, 3.63) is 51.9 Å². The second kappa shape index (κ2) is 8.98. The maximum Gasteiger partial charge on any atom is 0.255 e. The molecule has 0 atom stereocenters. The highest BCUT2D eigenvalue weighted by Crippen LogP contribution is 2.40. The third kappa shape index (κ3) is 4.35. The highest BCUT2D eigenvalue weighted by Gasteiger charge is 2.33. The van der Waals surface area contributed by atoms with Gasteiger partial charge in [-0.25, -0.2) is 17.8 Å². The van der Waals surface area contributed by atoms with E-state index in [0.29, 0.717) is 16.5 Å². The number of benzene rings is 1. The summed E-state index contributed by atoms with van der Waals surface area (Å²) in [5, 5.41) is 9.91. The summed E-state index contributed by atoms with van der Waals surface area (Å²) in [4.78, 5) is 19.3. The molecule has 32 heavy (non-hydrogen) atoms. The van der Waals surface area contributed by atoms with E-state index in [2.05, 4.69) is 11.1 Å². The topological polar surface area (TPSA) is 94.4 Å². The number of nitrogens with zero attached hydrogens (tertiary/aromatic N) is 4. The Labute approximate surface area is 195 Å². The first-order chi connectivity index (χ1) is 15.3. The van der Waals surface area contributed by atoms with Crippen LogP contribution in [0.15, 0.2) is 34.2 Å². The van der Waals surface area contributed by atoms with Gasteiger partial charge >= 0.3 is 0 Å². The number of carbonyl (C=O) groups excluding carboxylic acids is 1. The van der Waals surface area contributed by atoms with Gasteiger partial charge in [0.25, 0.3) is 5.91 Å². The Morgan fingerprint density at radius 2 is 1.94 bits per heavy atom. The smallest absolute Gasteiger partial charge is 0.255 e. The van der Waals surface area contributed by atoms with E-state index in [9.17, 15) is 22.9 Å². The number of carbonyl (C=O) groups is 1. The van der Waals surface area contributed by atoms with Crippen molar-refractivity contribution in [2.24, 2.45) is 0 Å². The predicted molar refractivity (Wildman–Crippen MR) is 119 cm³/mol. The van der Waals surface area contributed by atoms with Crippen LogP contribution >= 0.6 is 23.4 Å². The molecule has 0 radical (unpaired) electrons. The summed E-state index contributed by atoms with van der Waals surface area (Å²) in [6, 6.07) is 7.09. The number of sulfonamides is 1. The number of pyridine rings is 1. The van der Waals surface area contributed by atoms with Crippen molar-refractivity contribution in [3.8, 4) is 6.07 Å². The second-order valence-corrected chi connectivity index (χ2v) is 10.8. The number of hydrogen-bond acceptors (Lipinski definition) is 6. The summed E-state index contributed by atoms with van der Waals surface area (Å²) in [6.45, 7) is 0.517. The highest BCUT2D eigenvalue weighted by molar-refractivity contribution is 7.98. The predicted octanol–water partition coefficient (Wildman–Crippen LogP) is 3.49. The quantitative estimate of drug-likeness (QED) is 0.590. The largest absolute Gasteiger partial charge is 0.336 e. The zero-order valence-electron chi connectivity index (χ0n) is 17.2. The van der Waals surface area contributed by atoms with Gasteiger partial charge in [-0.1, -0.05) is 11.6 Å². The van der Waals surface area contributed by atoms with Gasteiger partial charge in [-0.05, 0) is 43.4 Å². The van der Waals surface area contributed by atoms with E-state index in [1.165, 1.54) is 22.1 Å². The first-order valence-electron chi connectivity index (χ1n) is 9.99. The molecular formula is C21H20ClFN4O3S2. The summed E-state index contributed by atoms with van der Waals surface area (Å²) in [5.74, 6) is -0.672. The van der Waals surface area contributed by atoms with Crippen LogP contribution in [0.2, 0.25) is 5.02 Å². The Balaban J connectivity index is 1.53. The first kappa shape index (κ1) is 23.0. The fourth-order valence-corrected chi connectivity index (χ4v) is 5.89. The summed E-state index contributed by atoms with van der Waals surface area (Å²) in [7, 11) is -3.87. The molecule has 1 aromatic heterocycles. The number of amides is 1. The van der Waals surface area contributed by atoms with Gasteiger partial charge in [0.1, 0.15) is 16.9 Å². The lowest BCUT2D eigenvalue weighted by atomic mass is 10.1. The van der Waals surface area contributed by atoms with Crippen molar-refractivity contribution < 1.29 is 17.6 Å². The van der Waals surface area contributed by atoms with Gasteiger partial charge in [-0.15, -0.1) is 11.8 Å². The molecule has 0 bridgehead atoms. The molecule has 1 amide bonds. The SMILES string of the molecule is CSc1nc(C2CC2)cc(C(=O)N2CCN(S(=O)(=O)c3ccc(F)c(Cl)c3)CC2)c1C#N. The zero-order chi connectivity index (χ0) is 23.0. The minimum absolute atomic E-state index is 0.0842. The molecule has 0 N–H and O–H groups in total. The normalized spacial score (nSPS) is 17.2. The number of aromatic nitrogens is 1. The lowest BCUT2D eigenvalue weighted by Crippen LogP contribution is -2.50. The fraction of sp³-hybridized carbons (Fsp3) is 0.381. The molecule has 4 rings (SSSR count). The minimum atomic E-state index is -3.87. The van der Waals surface area contributed by atoms with Crippen LogP contribution in [-0.4, -0.2) is 60.9 Å². The Kier molecular flexibility index (Phi) is 6.45. The van der Waals surface area contributed by atoms with Crippen LogP contribution in [0.4, 0.5) is 4.39 Å². The second-order valence-electron chi connectivity index (χ2n) is 7.64. The number of nitriles is 1. The van der Waals surface area contributed by atoms with Crippen LogP contribution in [0.25, 0.3) is 0 Å². The molecule has 1 saturated carbocycles. The highest BCUT2D eigenvalue weighted by atomic mass is 35.5. The molecule has 1 aliphatic carbocycles. The van der Waals surface area contributed by atoms with Crippen LogP contribution in [0.1, 0.15) is 40.4 Å². The molecule has 0 spiro atoms. The van der Waals surface area contributed by atoms with E-state index in [-0.39, 0.29) is 47.6 Å². The number of hydrogen-bond donors (Lipinski definition) is 0. The van der Waals surface area contributed by atoms with Crippen molar-refractivity contribution in [2.45, 2.75) is 28.7 Å². The number of thioether (sulfide) groups is 1. The minimum Gasteiger partial charge on any atom is -0.336 e. The standard InChI is InChI=1S/C21H20ClFN4O3S2/c1-31-20-16(12-24)15(11-19(25-20)13-2-3-13)21(28)26-6-8-27(9-7-26)32(29,30)14-4-5-18(23)17(22)10-14/h4-5,10-11,13H,2-3,6-9H2,1H3. The average Bonchev–Trinajstić information content (AvgIpc) is 3.65. The van der Waals surface area contributed by atoms with Gasteiger partial charge in [0, 0.05) is 37.8 Å². The number of halogens is 2. The Bertz CT molecular complexity index is 1220. The Morgan fingerprint density at radius 1 is 1.25 bits per heavy atom. The van der Waals surface area contributed by atoms with Crippen LogP contribution in [-0.2, 0) is 10.0 Å². The average molecular weight is 495 g/mol. The summed E-state index contributed by atoms with van der Waals surface area (Å²) >= 11 is 7.07. The molecule has 1 aliphatic heterocycles. The summed E-state index contributed by atoms with van der Waals surface area (Å²) < 4.78 is 40.5. The molecule has 2 aliphatic rings. The monoisotopic (exact) mass is 494 g/mol. The Hall–Kier alpha value is -2.19. The fourth-order valence-electron chi connectivity index (χ4n) is 3.64. The maximum atomic E-state index is 13.4. The lowest BCUT2D eigenvalue weighted by Gasteiger charge is -2.34. The van der Waals surface area contributed by atoms with Crippen molar-refractivity contribution in [1.82, 2.24) is 14.2 Å². The van der Waals surface area contributed by atoms with Gasteiger partial charge in [0.2, 0.25) is 10.0 Å². The van der Waals surface area contributed by atoms with E-state index in [1.807, 2.05) is 6.26 Å².